The van der Waals surface area contributed by atoms with Crippen molar-refractivity contribution in [3.8, 4) is 0 Å². The molecule has 3 rings (SSSR count). The number of carbonyl (C=O) groups excluding carboxylic acids is 1. The highest BCUT2D eigenvalue weighted by atomic mass is 32.2. The monoisotopic (exact) mass is 307 g/mol. The Hall–Kier alpha value is -0.970. The van der Waals surface area contributed by atoms with Crippen molar-refractivity contribution in [2.45, 2.75) is 76.0 Å². The normalized spacial score (nSPS) is 19.7. The predicted molar refractivity (Wildman–Crippen MR) is 85.7 cm³/mol. The molecular weight excluding hydrogens is 282 g/mol. The predicted octanol–water partition coefficient (Wildman–Crippen LogP) is 3.38. The van der Waals surface area contributed by atoms with Crippen LogP contribution in [-0.2, 0) is 4.79 Å². The second kappa shape index (κ2) is 6.42. The standard InChI is InChI=1S/C16H25N3OS/c1-11-12(2)19(14-6-4-3-5-7-14)16(17-11)21-10-15(20)18-13-8-9-13/h13-14H,3-10H2,1-2H3,(H,18,20). The number of nitrogens with one attached hydrogen (secondary N) is 1. The maximum Gasteiger partial charge on any atom is 0.230 e. The van der Waals surface area contributed by atoms with Gasteiger partial charge in [-0.2, -0.15) is 0 Å². The Morgan fingerprint density at radius 2 is 1.95 bits per heavy atom. The quantitative estimate of drug-likeness (QED) is 0.848. The second-order valence-electron chi connectivity index (χ2n) is 6.36. The van der Waals surface area contributed by atoms with Gasteiger partial charge in [0.25, 0.3) is 0 Å². The van der Waals surface area contributed by atoms with Crippen LogP contribution in [0.1, 0.15) is 62.4 Å². The Kier molecular flexibility index (Phi) is 4.57. The first kappa shape index (κ1) is 14.9. The lowest BCUT2D eigenvalue weighted by Gasteiger charge is -2.26. The van der Waals surface area contributed by atoms with Crippen molar-refractivity contribution in [3.63, 3.8) is 0 Å². The third kappa shape index (κ3) is 3.62. The van der Waals surface area contributed by atoms with E-state index in [0.717, 1.165) is 23.7 Å². The minimum Gasteiger partial charge on any atom is -0.353 e. The molecule has 5 heteroatoms. The molecule has 0 atom stereocenters. The van der Waals surface area contributed by atoms with Crippen LogP contribution in [0.4, 0.5) is 0 Å². The number of imidazole rings is 1. The fraction of sp³-hybridized carbons (Fsp3) is 0.750. The molecule has 2 aliphatic carbocycles. The molecule has 0 bridgehead atoms. The molecular formula is C16H25N3OS. The summed E-state index contributed by atoms with van der Waals surface area (Å²) >= 11 is 1.59. The van der Waals surface area contributed by atoms with E-state index in [0.29, 0.717) is 17.8 Å². The molecule has 2 aliphatic rings. The Balaban J connectivity index is 1.68. The molecule has 0 radical (unpaired) electrons. The first-order valence-electron chi connectivity index (χ1n) is 8.12. The first-order chi connectivity index (χ1) is 10.1. The summed E-state index contributed by atoms with van der Waals surface area (Å²) in [4.78, 5) is 16.6. The molecule has 1 aromatic heterocycles. The molecule has 0 aliphatic heterocycles. The molecule has 0 spiro atoms. The van der Waals surface area contributed by atoms with Crippen LogP contribution in [0.25, 0.3) is 0 Å². The van der Waals surface area contributed by atoms with Crippen LogP contribution < -0.4 is 5.32 Å². The third-order valence-corrected chi connectivity index (χ3v) is 5.52. The summed E-state index contributed by atoms with van der Waals surface area (Å²) in [5, 5.41) is 4.08. The average molecular weight is 307 g/mol. The molecule has 21 heavy (non-hydrogen) atoms. The van der Waals surface area contributed by atoms with Crippen LogP contribution in [0.3, 0.4) is 0 Å². The summed E-state index contributed by atoms with van der Waals surface area (Å²) < 4.78 is 2.39. The van der Waals surface area contributed by atoms with Crippen molar-refractivity contribution in [3.05, 3.63) is 11.4 Å². The van der Waals surface area contributed by atoms with E-state index in [1.165, 1.54) is 37.8 Å². The van der Waals surface area contributed by atoms with Gasteiger partial charge in [-0.3, -0.25) is 4.79 Å². The van der Waals surface area contributed by atoms with E-state index in [1.807, 2.05) is 0 Å². The smallest absolute Gasteiger partial charge is 0.230 e. The highest BCUT2D eigenvalue weighted by Gasteiger charge is 2.25. The molecule has 0 aromatic carbocycles. The minimum absolute atomic E-state index is 0.149. The van der Waals surface area contributed by atoms with Gasteiger partial charge in [-0.1, -0.05) is 31.0 Å². The van der Waals surface area contributed by atoms with Crippen molar-refractivity contribution in [2.75, 3.05) is 5.75 Å². The number of rotatable bonds is 5. The van der Waals surface area contributed by atoms with Gasteiger partial charge >= 0.3 is 0 Å². The van der Waals surface area contributed by atoms with Crippen LogP contribution in [-0.4, -0.2) is 27.3 Å². The molecule has 0 saturated heterocycles. The van der Waals surface area contributed by atoms with Gasteiger partial charge in [-0.15, -0.1) is 0 Å². The molecule has 0 unspecified atom stereocenters. The Morgan fingerprint density at radius 1 is 1.24 bits per heavy atom. The molecule has 1 amide bonds. The van der Waals surface area contributed by atoms with Crippen molar-refractivity contribution < 1.29 is 4.79 Å². The number of aryl methyl sites for hydroxylation is 1. The molecule has 2 saturated carbocycles. The van der Waals surface area contributed by atoms with Crippen molar-refractivity contribution in [1.82, 2.24) is 14.9 Å². The van der Waals surface area contributed by atoms with Gasteiger partial charge < -0.3 is 9.88 Å². The van der Waals surface area contributed by atoms with E-state index in [-0.39, 0.29) is 5.91 Å². The van der Waals surface area contributed by atoms with Gasteiger partial charge in [0.2, 0.25) is 5.91 Å². The largest absolute Gasteiger partial charge is 0.353 e. The van der Waals surface area contributed by atoms with Gasteiger partial charge in [0, 0.05) is 17.8 Å². The highest BCUT2D eigenvalue weighted by Crippen LogP contribution is 2.34. The number of carbonyl (C=O) groups is 1. The Morgan fingerprint density at radius 3 is 2.62 bits per heavy atom. The van der Waals surface area contributed by atoms with E-state index in [2.05, 4.69) is 23.7 Å². The zero-order valence-electron chi connectivity index (χ0n) is 13.0. The molecule has 116 valence electrons. The molecule has 1 aromatic rings. The van der Waals surface area contributed by atoms with Gasteiger partial charge in [0.1, 0.15) is 0 Å². The zero-order valence-corrected chi connectivity index (χ0v) is 13.8. The van der Waals surface area contributed by atoms with Gasteiger partial charge in [-0.25, -0.2) is 4.98 Å². The van der Waals surface area contributed by atoms with Crippen LogP contribution in [0.2, 0.25) is 0 Å². The van der Waals surface area contributed by atoms with Gasteiger partial charge in [0.15, 0.2) is 5.16 Å². The van der Waals surface area contributed by atoms with E-state index < -0.39 is 0 Å². The SMILES string of the molecule is Cc1nc(SCC(=O)NC2CC2)n(C2CCCCC2)c1C. The lowest BCUT2D eigenvalue weighted by Crippen LogP contribution is -2.27. The molecule has 2 fully saturated rings. The van der Waals surface area contributed by atoms with Crippen molar-refractivity contribution >= 4 is 17.7 Å². The summed E-state index contributed by atoms with van der Waals surface area (Å²) in [6.45, 7) is 4.23. The van der Waals surface area contributed by atoms with Crippen molar-refractivity contribution in [2.24, 2.45) is 0 Å². The maximum absolute atomic E-state index is 11.9. The summed E-state index contributed by atoms with van der Waals surface area (Å²) in [6.07, 6.45) is 8.77. The maximum atomic E-state index is 11.9. The molecule has 1 N–H and O–H groups in total. The highest BCUT2D eigenvalue weighted by molar-refractivity contribution is 7.99. The second-order valence-corrected chi connectivity index (χ2v) is 7.30. The average Bonchev–Trinajstić information content (AvgIpc) is 3.24. The summed E-state index contributed by atoms with van der Waals surface area (Å²) in [6, 6.07) is 1.02. The molecule has 1 heterocycles. The zero-order chi connectivity index (χ0) is 14.8. The van der Waals surface area contributed by atoms with E-state index in [4.69, 9.17) is 4.98 Å². The van der Waals surface area contributed by atoms with Crippen LogP contribution in [0.15, 0.2) is 5.16 Å². The number of hydrogen-bond acceptors (Lipinski definition) is 3. The topological polar surface area (TPSA) is 46.9 Å². The minimum atomic E-state index is 0.149. The fourth-order valence-corrected chi connectivity index (χ4v) is 4.06. The lowest BCUT2D eigenvalue weighted by atomic mass is 9.95. The number of hydrogen-bond donors (Lipinski definition) is 1. The number of thioether (sulfide) groups is 1. The Labute approximate surface area is 131 Å². The summed E-state index contributed by atoms with van der Waals surface area (Å²) in [5.41, 5.74) is 2.37. The summed E-state index contributed by atoms with van der Waals surface area (Å²) in [7, 11) is 0. The first-order valence-corrected chi connectivity index (χ1v) is 9.11. The summed E-state index contributed by atoms with van der Waals surface area (Å²) in [5.74, 6) is 0.634. The Bertz CT molecular complexity index is 516. The number of nitrogens with zero attached hydrogens (tertiary/aromatic N) is 2. The number of aromatic nitrogens is 2. The van der Waals surface area contributed by atoms with Gasteiger partial charge in [-0.05, 0) is 39.5 Å². The lowest BCUT2D eigenvalue weighted by molar-refractivity contribution is -0.118. The van der Waals surface area contributed by atoms with E-state index in [9.17, 15) is 4.79 Å². The van der Waals surface area contributed by atoms with Crippen LogP contribution in [0.5, 0.6) is 0 Å². The number of amides is 1. The van der Waals surface area contributed by atoms with Crippen LogP contribution in [0, 0.1) is 13.8 Å². The molecule has 4 nitrogen and oxygen atoms in total. The third-order valence-electron chi connectivity index (χ3n) is 4.57. The van der Waals surface area contributed by atoms with Gasteiger partial charge in [0.05, 0.1) is 11.4 Å². The van der Waals surface area contributed by atoms with E-state index >= 15 is 0 Å². The van der Waals surface area contributed by atoms with E-state index in [1.54, 1.807) is 11.8 Å². The van der Waals surface area contributed by atoms with Crippen molar-refractivity contribution in [1.29, 1.82) is 0 Å². The fourth-order valence-electron chi connectivity index (χ4n) is 3.09. The van der Waals surface area contributed by atoms with Crippen LogP contribution >= 0.6 is 11.8 Å².